The molecule has 0 unspecified atom stereocenters. The third-order valence-electron chi connectivity index (χ3n) is 2.25. The molecule has 79 valence electrons. The predicted molar refractivity (Wildman–Crippen MR) is 57.7 cm³/mol. The molecule has 0 amide bonds. The van der Waals surface area contributed by atoms with Crippen molar-refractivity contribution in [1.82, 2.24) is 15.5 Å². The Hall–Kier alpha value is -1.42. The van der Waals surface area contributed by atoms with Gasteiger partial charge in [0.05, 0.1) is 11.2 Å². The molecule has 0 saturated heterocycles. The largest absolute Gasteiger partial charge is 0.311 e. The van der Waals surface area contributed by atoms with E-state index >= 15 is 0 Å². The minimum absolute atomic E-state index is 0.247. The summed E-state index contributed by atoms with van der Waals surface area (Å²) in [4.78, 5) is 0. The van der Waals surface area contributed by atoms with Crippen molar-refractivity contribution in [3.8, 4) is 0 Å². The molecule has 0 fully saturated rings. The Kier molecular flexibility index (Phi) is 2.97. The molecule has 2 aromatic rings. The molecule has 0 spiro atoms. The standard InChI is InChI=1S/C11H13FN3/c1-2-5-13-7-11-9-4-3-8(12)6-10(9)14-15-11/h3-4,6,13H,1-2,5,7H2,(H,14,15). The number of H-pyrrole nitrogens is 1. The van der Waals surface area contributed by atoms with E-state index in [1.807, 2.05) is 0 Å². The molecule has 2 N–H and O–H groups in total. The van der Waals surface area contributed by atoms with Crippen LogP contribution in [-0.2, 0) is 6.54 Å². The summed E-state index contributed by atoms with van der Waals surface area (Å²) in [7, 11) is 0. The van der Waals surface area contributed by atoms with Gasteiger partial charge in [-0.05, 0) is 31.2 Å². The Labute approximate surface area is 87.7 Å². The Balaban J connectivity index is 2.21. The van der Waals surface area contributed by atoms with Crippen molar-refractivity contribution in [3.05, 3.63) is 36.6 Å². The van der Waals surface area contributed by atoms with Crippen molar-refractivity contribution >= 4 is 10.9 Å². The van der Waals surface area contributed by atoms with Crippen LogP contribution >= 0.6 is 0 Å². The molecule has 2 rings (SSSR count). The van der Waals surface area contributed by atoms with E-state index < -0.39 is 0 Å². The van der Waals surface area contributed by atoms with E-state index in [0.717, 1.165) is 29.6 Å². The first-order valence-electron chi connectivity index (χ1n) is 4.93. The van der Waals surface area contributed by atoms with Crippen LogP contribution in [0.15, 0.2) is 18.2 Å². The van der Waals surface area contributed by atoms with Gasteiger partial charge in [-0.2, -0.15) is 5.10 Å². The summed E-state index contributed by atoms with van der Waals surface area (Å²) in [5.74, 6) is -0.247. The molecule has 0 bridgehead atoms. The summed E-state index contributed by atoms with van der Waals surface area (Å²) in [5.41, 5.74) is 1.65. The predicted octanol–water partition coefficient (Wildman–Crippen LogP) is 2.02. The van der Waals surface area contributed by atoms with Gasteiger partial charge in [-0.3, -0.25) is 5.10 Å². The van der Waals surface area contributed by atoms with Gasteiger partial charge < -0.3 is 5.32 Å². The van der Waals surface area contributed by atoms with Gasteiger partial charge in [-0.1, -0.05) is 6.92 Å². The summed E-state index contributed by atoms with van der Waals surface area (Å²) >= 11 is 0. The van der Waals surface area contributed by atoms with E-state index in [0.29, 0.717) is 6.54 Å². The molecule has 0 atom stereocenters. The fourth-order valence-corrected chi connectivity index (χ4v) is 1.52. The van der Waals surface area contributed by atoms with Gasteiger partial charge in [-0.25, -0.2) is 4.39 Å². The lowest BCUT2D eigenvalue weighted by atomic mass is 10.2. The molecular formula is C11H13FN3. The van der Waals surface area contributed by atoms with Crippen LogP contribution in [0, 0.1) is 12.7 Å². The number of hydrogen-bond acceptors (Lipinski definition) is 2. The number of halogens is 1. The van der Waals surface area contributed by atoms with Crippen molar-refractivity contribution in [1.29, 1.82) is 0 Å². The Morgan fingerprint density at radius 2 is 2.33 bits per heavy atom. The summed E-state index contributed by atoms with van der Waals surface area (Å²) in [5, 5.41) is 11.1. The van der Waals surface area contributed by atoms with Crippen molar-refractivity contribution in [2.75, 3.05) is 6.54 Å². The molecule has 3 nitrogen and oxygen atoms in total. The quantitative estimate of drug-likeness (QED) is 0.751. The summed E-state index contributed by atoms with van der Waals surface area (Å²) in [6, 6.07) is 4.64. The number of rotatable bonds is 4. The maximum absolute atomic E-state index is 12.9. The number of nitrogens with zero attached hydrogens (tertiary/aromatic N) is 1. The maximum Gasteiger partial charge on any atom is 0.125 e. The van der Waals surface area contributed by atoms with E-state index in [1.54, 1.807) is 6.07 Å². The van der Waals surface area contributed by atoms with E-state index in [2.05, 4.69) is 22.4 Å². The van der Waals surface area contributed by atoms with Gasteiger partial charge in [0.25, 0.3) is 0 Å². The van der Waals surface area contributed by atoms with Crippen LogP contribution in [0.3, 0.4) is 0 Å². The topological polar surface area (TPSA) is 40.7 Å². The molecule has 1 aromatic heterocycles. The molecule has 0 aliphatic carbocycles. The smallest absolute Gasteiger partial charge is 0.125 e. The van der Waals surface area contributed by atoms with E-state index in [4.69, 9.17) is 0 Å². The average Bonchev–Trinajstić information content (AvgIpc) is 2.61. The number of fused-ring (bicyclic) bond motifs is 1. The van der Waals surface area contributed by atoms with Crippen LogP contribution in [0.1, 0.15) is 12.1 Å². The highest BCUT2D eigenvalue weighted by Crippen LogP contribution is 2.16. The van der Waals surface area contributed by atoms with Crippen LogP contribution in [0.4, 0.5) is 4.39 Å². The Morgan fingerprint density at radius 3 is 3.13 bits per heavy atom. The van der Waals surface area contributed by atoms with Crippen LogP contribution in [0.25, 0.3) is 10.9 Å². The van der Waals surface area contributed by atoms with Crippen LogP contribution in [-0.4, -0.2) is 16.7 Å². The SMILES string of the molecule is [CH2]CCNCc1n[nH]c2cc(F)ccc12. The zero-order valence-corrected chi connectivity index (χ0v) is 8.39. The van der Waals surface area contributed by atoms with Gasteiger partial charge in [0.2, 0.25) is 0 Å². The Morgan fingerprint density at radius 1 is 1.47 bits per heavy atom. The van der Waals surface area contributed by atoms with E-state index in [-0.39, 0.29) is 5.82 Å². The highest BCUT2D eigenvalue weighted by Gasteiger charge is 2.05. The molecule has 1 aromatic carbocycles. The zero-order valence-electron chi connectivity index (χ0n) is 8.39. The molecule has 1 radical (unpaired) electrons. The first-order valence-corrected chi connectivity index (χ1v) is 4.93. The number of aromatic amines is 1. The molecule has 0 saturated carbocycles. The average molecular weight is 206 g/mol. The van der Waals surface area contributed by atoms with Gasteiger partial charge in [0, 0.05) is 11.9 Å². The lowest BCUT2D eigenvalue weighted by Gasteiger charge is -1.99. The normalized spacial score (nSPS) is 11.1. The summed E-state index contributed by atoms with van der Waals surface area (Å²) < 4.78 is 12.9. The fourth-order valence-electron chi connectivity index (χ4n) is 1.52. The molecule has 0 aliphatic rings. The van der Waals surface area contributed by atoms with E-state index in [9.17, 15) is 4.39 Å². The minimum Gasteiger partial charge on any atom is -0.311 e. The summed E-state index contributed by atoms with van der Waals surface area (Å²) in [6.45, 7) is 5.28. The van der Waals surface area contributed by atoms with Gasteiger partial charge in [0.1, 0.15) is 5.82 Å². The van der Waals surface area contributed by atoms with Crippen molar-refractivity contribution in [2.24, 2.45) is 0 Å². The van der Waals surface area contributed by atoms with Gasteiger partial charge in [-0.15, -0.1) is 0 Å². The monoisotopic (exact) mass is 206 g/mol. The second-order valence-corrected chi connectivity index (χ2v) is 3.39. The number of nitrogens with one attached hydrogen (secondary N) is 2. The molecule has 4 heteroatoms. The summed E-state index contributed by atoms with van der Waals surface area (Å²) in [6.07, 6.45) is 0.844. The second kappa shape index (κ2) is 4.40. The molecule has 0 aliphatic heterocycles. The van der Waals surface area contributed by atoms with Gasteiger partial charge >= 0.3 is 0 Å². The Bertz CT molecular complexity index is 450. The number of benzene rings is 1. The van der Waals surface area contributed by atoms with Crippen LogP contribution in [0.2, 0.25) is 0 Å². The lowest BCUT2D eigenvalue weighted by molar-refractivity contribution is 0.629. The first-order chi connectivity index (χ1) is 7.31. The van der Waals surface area contributed by atoms with E-state index in [1.165, 1.54) is 12.1 Å². The third kappa shape index (κ3) is 2.15. The van der Waals surface area contributed by atoms with Crippen molar-refractivity contribution < 1.29 is 4.39 Å². The fraction of sp³-hybridized carbons (Fsp3) is 0.273. The van der Waals surface area contributed by atoms with Crippen LogP contribution < -0.4 is 5.32 Å². The number of aromatic nitrogens is 2. The number of hydrogen-bond donors (Lipinski definition) is 2. The third-order valence-corrected chi connectivity index (χ3v) is 2.25. The minimum atomic E-state index is -0.247. The van der Waals surface area contributed by atoms with Crippen LogP contribution in [0.5, 0.6) is 0 Å². The highest BCUT2D eigenvalue weighted by atomic mass is 19.1. The zero-order chi connectivity index (χ0) is 10.7. The molecular weight excluding hydrogens is 193 g/mol. The lowest BCUT2D eigenvalue weighted by Crippen LogP contribution is -2.14. The first kappa shape index (κ1) is 10.1. The molecule has 1 heterocycles. The van der Waals surface area contributed by atoms with Gasteiger partial charge in [0.15, 0.2) is 0 Å². The van der Waals surface area contributed by atoms with Crippen molar-refractivity contribution in [2.45, 2.75) is 13.0 Å². The second-order valence-electron chi connectivity index (χ2n) is 3.39. The maximum atomic E-state index is 12.9. The van der Waals surface area contributed by atoms with Crippen molar-refractivity contribution in [3.63, 3.8) is 0 Å². The highest BCUT2D eigenvalue weighted by molar-refractivity contribution is 5.81. The molecule has 15 heavy (non-hydrogen) atoms.